The minimum Gasteiger partial charge on any atom is -0.369 e. The van der Waals surface area contributed by atoms with Gasteiger partial charge in [-0.05, 0) is 43.1 Å². The van der Waals surface area contributed by atoms with Crippen molar-refractivity contribution in [2.24, 2.45) is 0 Å². The Morgan fingerprint density at radius 2 is 1.54 bits per heavy atom. The van der Waals surface area contributed by atoms with Crippen molar-refractivity contribution in [1.29, 1.82) is 0 Å². The van der Waals surface area contributed by atoms with Gasteiger partial charge in [0.25, 0.3) is 5.91 Å². The van der Waals surface area contributed by atoms with Gasteiger partial charge in [-0.25, -0.2) is 0 Å². The Morgan fingerprint density at radius 1 is 0.917 bits per heavy atom. The number of rotatable bonds is 4. The molecule has 0 aliphatic carbocycles. The van der Waals surface area contributed by atoms with Gasteiger partial charge in [0.15, 0.2) is 6.23 Å². The monoisotopic (exact) mass is 322 g/mol. The number of nitrogens with zero attached hydrogens (tertiary/aromatic N) is 2. The zero-order valence-corrected chi connectivity index (χ0v) is 13.7. The van der Waals surface area contributed by atoms with Crippen LogP contribution in [0.4, 0.5) is 0 Å². The van der Waals surface area contributed by atoms with Gasteiger partial charge in [0.05, 0.1) is 0 Å². The molecule has 1 N–H and O–H groups in total. The molecule has 0 spiro atoms. The molecule has 0 bridgehead atoms. The summed E-state index contributed by atoms with van der Waals surface area (Å²) in [5.41, 5.74) is 3.68. The molecule has 24 heavy (non-hydrogen) atoms. The summed E-state index contributed by atoms with van der Waals surface area (Å²) in [6.45, 7) is 3.65. The van der Waals surface area contributed by atoms with Crippen molar-refractivity contribution in [1.82, 2.24) is 9.80 Å². The molecule has 4 rings (SSSR count). The van der Waals surface area contributed by atoms with Gasteiger partial charge >= 0.3 is 0 Å². The number of amides is 1. The first-order valence-electron chi connectivity index (χ1n) is 8.61. The third kappa shape index (κ3) is 2.72. The number of likely N-dealkylation sites (tertiary alicyclic amines) is 1. The Hall–Kier alpha value is -2.17. The van der Waals surface area contributed by atoms with Gasteiger partial charge in [0, 0.05) is 24.2 Å². The molecule has 0 radical (unpaired) electrons. The zero-order chi connectivity index (χ0) is 16.5. The van der Waals surface area contributed by atoms with Gasteiger partial charge in [0.2, 0.25) is 0 Å². The maximum absolute atomic E-state index is 12.6. The number of carbonyl (C=O) groups is 1. The standard InChI is InChI=1S/C20H22N2O2/c23-19-17-9-3-4-10-18(17)20(24)22(19)14-16-8-2-1-7-15(16)13-21-11-5-6-12-21/h1-4,7-10,19,23H,5-6,11-14H2. The fraction of sp³-hybridized carbons (Fsp3) is 0.350. The predicted molar refractivity (Wildman–Crippen MR) is 92.2 cm³/mol. The Kier molecular flexibility index (Phi) is 4.08. The van der Waals surface area contributed by atoms with Crippen LogP contribution in [0.1, 0.15) is 46.1 Å². The van der Waals surface area contributed by atoms with E-state index in [9.17, 15) is 9.90 Å². The molecule has 0 saturated carbocycles. The van der Waals surface area contributed by atoms with E-state index in [0.717, 1.165) is 25.2 Å². The molecule has 2 heterocycles. The molecule has 2 aliphatic rings. The SMILES string of the molecule is O=C1c2ccccc2C(O)N1Cc1ccccc1CN1CCCC1. The first-order chi connectivity index (χ1) is 11.7. The van der Waals surface area contributed by atoms with Crippen molar-refractivity contribution in [3.8, 4) is 0 Å². The van der Waals surface area contributed by atoms with E-state index in [2.05, 4.69) is 17.0 Å². The van der Waals surface area contributed by atoms with Crippen LogP contribution in [0, 0.1) is 0 Å². The quantitative estimate of drug-likeness (QED) is 0.941. The maximum atomic E-state index is 12.6. The number of hydrogen-bond acceptors (Lipinski definition) is 3. The first kappa shape index (κ1) is 15.4. The van der Waals surface area contributed by atoms with E-state index in [1.807, 2.05) is 30.3 Å². The van der Waals surface area contributed by atoms with Gasteiger partial charge < -0.3 is 10.0 Å². The Morgan fingerprint density at radius 3 is 2.25 bits per heavy atom. The minimum absolute atomic E-state index is 0.0888. The van der Waals surface area contributed by atoms with E-state index >= 15 is 0 Å². The van der Waals surface area contributed by atoms with Crippen molar-refractivity contribution in [3.63, 3.8) is 0 Å². The molecule has 4 heteroatoms. The van der Waals surface area contributed by atoms with Crippen molar-refractivity contribution >= 4 is 5.91 Å². The molecular weight excluding hydrogens is 300 g/mol. The van der Waals surface area contributed by atoms with Crippen molar-refractivity contribution < 1.29 is 9.90 Å². The third-order valence-electron chi connectivity index (χ3n) is 5.08. The molecule has 2 aromatic rings. The number of aliphatic hydroxyl groups is 1. The van der Waals surface area contributed by atoms with Crippen LogP contribution in [-0.4, -0.2) is 33.9 Å². The summed E-state index contributed by atoms with van der Waals surface area (Å²) in [5, 5.41) is 10.5. The van der Waals surface area contributed by atoms with E-state index in [1.165, 1.54) is 18.4 Å². The predicted octanol–water partition coefficient (Wildman–Crippen LogP) is 2.93. The average molecular weight is 322 g/mol. The number of hydrogen-bond donors (Lipinski definition) is 1. The zero-order valence-electron chi connectivity index (χ0n) is 13.7. The number of carbonyl (C=O) groups excluding carboxylic acids is 1. The molecule has 1 saturated heterocycles. The van der Waals surface area contributed by atoms with Crippen molar-refractivity contribution in [2.75, 3.05) is 13.1 Å². The van der Waals surface area contributed by atoms with Crippen LogP contribution in [0.2, 0.25) is 0 Å². The van der Waals surface area contributed by atoms with Crippen LogP contribution in [0.25, 0.3) is 0 Å². The summed E-state index contributed by atoms with van der Waals surface area (Å²) in [4.78, 5) is 16.6. The van der Waals surface area contributed by atoms with E-state index in [1.54, 1.807) is 11.0 Å². The lowest BCUT2D eigenvalue weighted by atomic mass is 10.1. The molecule has 4 nitrogen and oxygen atoms in total. The van der Waals surface area contributed by atoms with Crippen LogP contribution >= 0.6 is 0 Å². The van der Waals surface area contributed by atoms with Crippen LogP contribution < -0.4 is 0 Å². The van der Waals surface area contributed by atoms with Gasteiger partial charge in [-0.1, -0.05) is 42.5 Å². The van der Waals surface area contributed by atoms with Gasteiger partial charge in [-0.3, -0.25) is 9.69 Å². The lowest BCUT2D eigenvalue weighted by Gasteiger charge is -2.24. The molecule has 1 amide bonds. The smallest absolute Gasteiger partial charge is 0.256 e. The Balaban J connectivity index is 1.57. The van der Waals surface area contributed by atoms with Crippen LogP contribution in [0.5, 0.6) is 0 Å². The maximum Gasteiger partial charge on any atom is 0.256 e. The van der Waals surface area contributed by atoms with Crippen molar-refractivity contribution in [2.45, 2.75) is 32.2 Å². The van der Waals surface area contributed by atoms with Gasteiger partial charge in [-0.15, -0.1) is 0 Å². The van der Waals surface area contributed by atoms with Gasteiger partial charge in [-0.2, -0.15) is 0 Å². The second-order valence-electron chi connectivity index (χ2n) is 6.65. The highest BCUT2D eigenvalue weighted by Crippen LogP contribution is 2.33. The summed E-state index contributed by atoms with van der Waals surface area (Å²) >= 11 is 0. The van der Waals surface area contributed by atoms with Crippen LogP contribution in [-0.2, 0) is 13.1 Å². The van der Waals surface area contributed by atoms with E-state index in [0.29, 0.717) is 17.7 Å². The molecule has 1 atom stereocenters. The number of aliphatic hydroxyl groups excluding tert-OH is 1. The fourth-order valence-corrected chi connectivity index (χ4v) is 3.74. The van der Waals surface area contributed by atoms with Gasteiger partial charge in [0.1, 0.15) is 0 Å². The molecule has 2 aliphatic heterocycles. The summed E-state index contributed by atoms with van der Waals surface area (Å²) in [5.74, 6) is -0.0888. The topological polar surface area (TPSA) is 43.8 Å². The molecule has 2 aromatic carbocycles. The van der Waals surface area contributed by atoms with E-state index in [4.69, 9.17) is 0 Å². The molecular formula is C20H22N2O2. The Labute approximate surface area is 142 Å². The Bertz CT molecular complexity index is 753. The van der Waals surface area contributed by atoms with Crippen LogP contribution in [0.3, 0.4) is 0 Å². The second-order valence-corrected chi connectivity index (χ2v) is 6.65. The summed E-state index contributed by atoms with van der Waals surface area (Å²) in [6.07, 6.45) is 1.68. The first-order valence-corrected chi connectivity index (χ1v) is 8.61. The summed E-state index contributed by atoms with van der Waals surface area (Å²) < 4.78 is 0. The molecule has 124 valence electrons. The third-order valence-corrected chi connectivity index (χ3v) is 5.08. The number of benzene rings is 2. The number of fused-ring (bicyclic) bond motifs is 1. The largest absolute Gasteiger partial charge is 0.369 e. The summed E-state index contributed by atoms with van der Waals surface area (Å²) in [6, 6.07) is 15.6. The van der Waals surface area contributed by atoms with Crippen LogP contribution in [0.15, 0.2) is 48.5 Å². The summed E-state index contributed by atoms with van der Waals surface area (Å²) in [7, 11) is 0. The fourth-order valence-electron chi connectivity index (χ4n) is 3.74. The van der Waals surface area contributed by atoms with E-state index < -0.39 is 6.23 Å². The highest BCUT2D eigenvalue weighted by atomic mass is 16.3. The second kappa shape index (κ2) is 6.38. The van der Waals surface area contributed by atoms with E-state index in [-0.39, 0.29) is 5.91 Å². The molecule has 0 aromatic heterocycles. The molecule has 1 unspecified atom stereocenters. The lowest BCUT2D eigenvalue weighted by molar-refractivity contribution is 0.0136. The highest BCUT2D eigenvalue weighted by molar-refractivity contribution is 5.98. The average Bonchev–Trinajstić information content (AvgIpc) is 3.20. The normalized spacial score (nSPS) is 20.6. The lowest BCUT2D eigenvalue weighted by Crippen LogP contribution is -2.28. The minimum atomic E-state index is -0.853. The van der Waals surface area contributed by atoms with Crippen molar-refractivity contribution in [3.05, 3.63) is 70.8 Å². The molecule has 1 fully saturated rings. The highest BCUT2D eigenvalue weighted by Gasteiger charge is 2.35.